The molecule has 3 aromatic rings. The van der Waals surface area contributed by atoms with Gasteiger partial charge in [-0.2, -0.15) is 0 Å². The van der Waals surface area contributed by atoms with E-state index in [1.54, 1.807) is 16.2 Å². The van der Waals surface area contributed by atoms with E-state index < -0.39 is 17.7 Å². The number of aromatic nitrogens is 2. The number of nitrogens with two attached hydrogens (primary N) is 1. The summed E-state index contributed by atoms with van der Waals surface area (Å²) >= 11 is 1.63. The van der Waals surface area contributed by atoms with Crippen molar-refractivity contribution in [1.29, 1.82) is 0 Å². The molecule has 2 aliphatic rings. The molecule has 12 heteroatoms. The Morgan fingerprint density at radius 1 is 1.21 bits per heavy atom. The molecule has 206 valence electrons. The number of ether oxygens (including phenoxy) is 2. The van der Waals surface area contributed by atoms with Gasteiger partial charge in [0.05, 0.1) is 41.9 Å². The maximum absolute atomic E-state index is 13.4. The van der Waals surface area contributed by atoms with Crippen molar-refractivity contribution in [3.8, 4) is 5.88 Å². The highest BCUT2D eigenvalue weighted by Crippen LogP contribution is 2.37. The van der Waals surface area contributed by atoms with Crippen molar-refractivity contribution in [3.63, 3.8) is 0 Å². The molecule has 11 nitrogen and oxygen atoms in total. The van der Waals surface area contributed by atoms with Crippen LogP contribution in [0.2, 0.25) is 0 Å². The molecule has 4 heterocycles. The van der Waals surface area contributed by atoms with Gasteiger partial charge in [-0.15, -0.1) is 11.3 Å². The second-order valence-electron chi connectivity index (χ2n) is 10.2. The van der Waals surface area contributed by atoms with Crippen LogP contribution < -0.4 is 15.8 Å². The van der Waals surface area contributed by atoms with Crippen molar-refractivity contribution in [3.05, 3.63) is 46.6 Å². The predicted octanol–water partition coefficient (Wildman–Crippen LogP) is 2.74. The first-order valence-corrected chi connectivity index (χ1v) is 13.7. The minimum absolute atomic E-state index is 0.00780. The van der Waals surface area contributed by atoms with Crippen LogP contribution in [0, 0.1) is 5.92 Å². The first kappa shape index (κ1) is 27.0. The Balaban J connectivity index is 1.36. The number of morpholine rings is 1. The minimum Gasteiger partial charge on any atom is -0.480 e. The number of fused-ring (bicyclic) bond motifs is 1. The van der Waals surface area contributed by atoms with Crippen LogP contribution in [0.25, 0.3) is 10.2 Å². The molecule has 39 heavy (non-hydrogen) atoms. The standard InChI is InChI=1S/C27H32N6O5S/c1-15-4-6-20(16-5-7-22-19(10-16)31-26(39-22)21-14-32(2)8-9-38-21)33(13-15)27(36)24(35)30-17-11-18(23(28)34)25(37-3)29-12-17/h5,7,10-12,15,20-21H,4,6,8-9,13-14H2,1-3H3,(H2,28,34)(H,30,35)/t15-,20+,21+/m0/s1. The van der Waals surface area contributed by atoms with E-state index >= 15 is 0 Å². The number of carbonyl (C=O) groups excluding carboxylic acids is 3. The van der Waals surface area contributed by atoms with Gasteiger partial charge in [0.2, 0.25) is 5.88 Å². The van der Waals surface area contributed by atoms with Crippen molar-refractivity contribution in [2.45, 2.75) is 31.9 Å². The lowest BCUT2D eigenvalue weighted by Gasteiger charge is -2.38. The van der Waals surface area contributed by atoms with E-state index in [0.717, 1.165) is 46.7 Å². The number of nitrogens with one attached hydrogen (secondary N) is 1. The molecular weight excluding hydrogens is 520 g/mol. The molecule has 3 amide bonds. The summed E-state index contributed by atoms with van der Waals surface area (Å²) in [4.78, 5) is 50.9. The number of methoxy groups -OCH3 is 1. The highest BCUT2D eigenvalue weighted by atomic mass is 32.1. The maximum Gasteiger partial charge on any atom is 0.313 e. The number of primary amides is 1. The number of hydrogen-bond acceptors (Lipinski definition) is 9. The largest absolute Gasteiger partial charge is 0.480 e. The lowest BCUT2D eigenvalue weighted by Crippen LogP contribution is -2.46. The molecule has 0 bridgehead atoms. The lowest BCUT2D eigenvalue weighted by atomic mass is 9.89. The number of likely N-dealkylation sites (N-methyl/N-ethyl adjacent to an activating group) is 1. The molecule has 2 aliphatic heterocycles. The monoisotopic (exact) mass is 552 g/mol. The van der Waals surface area contributed by atoms with E-state index in [4.69, 9.17) is 20.2 Å². The van der Waals surface area contributed by atoms with Gasteiger partial charge in [-0.3, -0.25) is 14.4 Å². The first-order valence-electron chi connectivity index (χ1n) is 12.9. The van der Waals surface area contributed by atoms with E-state index in [2.05, 4.69) is 29.2 Å². The minimum atomic E-state index is -0.813. The van der Waals surface area contributed by atoms with Crippen LogP contribution in [-0.4, -0.2) is 77.9 Å². The Bertz CT molecular complexity index is 1410. The molecular formula is C27H32N6O5S. The second-order valence-corrected chi connectivity index (χ2v) is 11.2. The number of anilines is 1. The summed E-state index contributed by atoms with van der Waals surface area (Å²) in [5, 5.41) is 3.51. The Morgan fingerprint density at radius 3 is 2.77 bits per heavy atom. The van der Waals surface area contributed by atoms with Crippen LogP contribution in [0.5, 0.6) is 5.88 Å². The lowest BCUT2D eigenvalue weighted by molar-refractivity contribution is -0.146. The molecule has 1 aromatic carbocycles. The van der Waals surface area contributed by atoms with Gasteiger partial charge in [0.1, 0.15) is 16.7 Å². The number of piperidine rings is 1. The summed E-state index contributed by atoms with van der Waals surface area (Å²) in [6, 6.07) is 7.16. The smallest absolute Gasteiger partial charge is 0.313 e. The quantitative estimate of drug-likeness (QED) is 0.461. The molecule has 3 N–H and O–H groups in total. The molecule has 0 saturated carbocycles. The third kappa shape index (κ3) is 5.72. The van der Waals surface area contributed by atoms with Gasteiger partial charge in [-0.25, -0.2) is 9.97 Å². The Hall–Kier alpha value is -3.61. The number of carbonyl (C=O) groups is 3. The van der Waals surface area contributed by atoms with Crippen LogP contribution in [0.1, 0.15) is 52.8 Å². The fourth-order valence-electron chi connectivity index (χ4n) is 5.13. The topological polar surface area (TPSA) is 140 Å². The molecule has 0 radical (unpaired) electrons. The van der Waals surface area contributed by atoms with Crippen LogP contribution >= 0.6 is 11.3 Å². The van der Waals surface area contributed by atoms with E-state index in [1.165, 1.54) is 19.4 Å². The fourth-order valence-corrected chi connectivity index (χ4v) is 6.12. The van der Waals surface area contributed by atoms with Crippen LogP contribution in [-0.2, 0) is 14.3 Å². The van der Waals surface area contributed by atoms with Gasteiger partial charge in [0.15, 0.2) is 0 Å². The molecule has 0 aliphatic carbocycles. The number of nitrogens with zero attached hydrogens (tertiary/aromatic N) is 4. The number of hydrogen-bond donors (Lipinski definition) is 2. The van der Waals surface area contributed by atoms with Crippen LogP contribution in [0.15, 0.2) is 30.5 Å². The molecule has 0 spiro atoms. The van der Waals surface area contributed by atoms with Gasteiger partial charge in [0, 0.05) is 19.6 Å². The van der Waals surface area contributed by atoms with Crippen LogP contribution in [0.4, 0.5) is 5.69 Å². The zero-order valence-corrected chi connectivity index (χ0v) is 23.0. The molecule has 2 saturated heterocycles. The van der Waals surface area contributed by atoms with E-state index in [-0.39, 0.29) is 35.2 Å². The summed E-state index contributed by atoms with van der Waals surface area (Å²) in [6.07, 6.45) is 2.93. The van der Waals surface area contributed by atoms with Crippen molar-refractivity contribution >= 4 is 45.0 Å². The van der Waals surface area contributed by atoms with E-state index in [1.807, 2.05) is 18.2 Å². The summed E-state index contributed by atoms with van der Waals surface area (Å²) in [5.41, 5.74) is 7.38. The van der Waals surface area contributed by atoms with E-state index in [0.29, 0.717) is 13.2 Å². The Morgan fingerprint density at radius 2 is 2.03 bits per heavy atom. The van der Waals surface area contributed by atoms with Gasteiger partial charge in [-0.05, 0) is 49.6 Å². The summed E-state index contributed by atoms with van der Waals surface area (Å²) < 4.78 is 12.1. The summed E-state index contributed by atoms with van der Waals surface area (Å²) in [7, 11) is 3.44. The highest BCUT2D eigenvalue weighted by molar-refractivity contribution is 7.18. The number of benzene rings is 1. The predicted molar refractivity (Wildman–Crippen MR) is 147 cm³/mol. The zero-order valence-electron chi connectivity index (χ0n) is 22.2. The Labute approximate surface area is 230 Å². The van der Waals surface area contributed by atoms with Crippen molar-refractivity contribution < 1.29 is 23.9 Å². The molecule has 3 atom stereocenters. The number of likely N-dealkylation sites (tertiary alicyclic amines) is 1. The van der Waals surface area contributed by atoms with Gasteiger partial charge in [-0.1, -0.05) is 13.0 Å². The second kappa shape index (κ2) is 11.2. The molecule has 2 aromatic heterocycles. The van der Waals surface area contributed by atoms with Gasteiger partial charge in [0.25, 0.3) is 5.91 Å². The number of rotatable bonds is 5. The number of amides is 3. The van der Waals surface area contributed by atoms with Crippen LogP contribution in [0.3, 0.4) is 0 Å². The first-order chi connectivity index (χ1) is 18.7. The highest BCUT2D eigenvalue weighted by Gasteiger charge is 2.35. The average Bonchev–Trinajstić information content (AvgIpc) is 3.36. The third-order valence-corrected chi connectivity index (χ3v) is 8.33. The Kier molecular flexibility index (Phi) is 7.78. The van der Waals surface area contributed by atoms with E-state index in [9.17, 15) is 14.4 Å². The normalized spacial score (nSPS) is 22.0. The SMILES string of the molecule is COc1ncc(NC(=O)C(=O)N2C[C@@H](C)CC[C@@H]2c2ccc3sc([C@H]4CN(C)CCO4)nc3c2)cc1C(N)=O. The van der Waals surface area contributed by atoms with Crippen molar-refractivity contribution in [2.75, 3.05) is 45.7 Å². The fraction of sp³-hybridized carbons (Fsp3) is 0.444. The van der Waals surface area contributed by atoms with Gasteiger partial charge >= 0.3 is 11.8 Å². The van der Waals surface area contributed by atoms with Crippen molar-refractivity contribution in [2.24, 2.45) is 11.7 Å². The maximum atomic E-state index is 13.4. The summed E-state index contributed by atoms with van der Waals surface area (Å²) in [6.45, 7) is 4.91. The molecule has 2 fully saturated rings. The number of thiazole rings is 1. The average molecular weight is 553 g/mol. The van der Waals surface area contributed by atoms with Crippen molar-refractivity contribution in [1.82, 2.24) is 19.8 Å². The molecule has 5 rings (SSSR count). The summed E-state index contributed by atoms with van der Waals surface area (Å²) in [5.74, 6) is -1.93. The van der Waals surface area contributed by atoms with Gasteiger partial charge < -0.3 is 30.3 Å². The number of pyridine rings is 1. The molecule has 0 unspecified atom stereocenters. The zero-order chi connectivity index (χ0) is 27.7. The third-order valence-electron chi connectivity index (χ3n) is 7.20.